The van der Waals surface area contributed by atoms with Crippen molar-refractivity contribution < 1.29 is 14.7 Å². The molecule has 0 radical (unpaired) electrons. The third kappa shape index (κ3) is 3.70. The molecule has 1 atom stereocenters. The van der Waals surface area contributed by atoms with E-state index in [1.165, 1.54) is 0 Å². The van der Waals surface area contributed by atoms with E-state index in [0.717, 1.165) is 0 Å². The van der Waals surface area contributed by atoms with Crippen molar-refractivity contribution in [3.05, 3.63) is 18.5 Å². The van der Waals surface area contributed by atoms with E-state index in [1.54, 1.807) is 15.8 Å². The smallest absolute Gasteiger partial charge is 0.317 e. The zero-order valence-electron chi connectivity index (χ0n) is 10.8. The Kier molecular flexibility index (Phi) is 4.03. The van der Waals surface area contributed by atoms with Gasteiger partial charge in [0.15, 0.2) is 0 Å². The van der Waals surface area contributed by atoms with Crippen LogP contribution in [0, 0.1) is 5.92 Å². The molecule has 1 aromatic rings. The highest BCUT2D eigenvalue weighted by atomic mass is 16.4. The number of carboxylic acids is 1. The molecule has 0 aliphatic carbocycles. The molecule has 1 fully saturated rings. The molecule has 2 heterocycles. The van der Waals surface area contributed by atoms with Crippen LogP contribution in [0.4, 0.5) is 4.79 Å². The number of hydrogen-bond acceptors (Lipinski definition) is 3. The summed E-state index contributed by atoms with van der Waals surface area (Å²) in [6.45, 7) is 3.57. The van der Waals surface area contributed by atoms with Gasteiger partial charge in [0.05, 0.1) is 13.0 Å². The van der Waals surface area contributed by atoms with Crippen LogP contribution in [0.5, 0.6) is 0 Å². The summed E-state index contributed by atoms with van der Waals surface area (Å²) in [7, 11) is 0. The van der Waals surface area contributed by atoms with Gasteiger partial charge in [0.25, 0.3) is 0 Å². The number of nitrogens with one attached hydrogen (secondary N) is 1. The Morgan fingerprint density at radius 2 is 2.26 bits per heavy atom. The normalized spacial score (nSPS) is 16.8. The van der Waals surface area contributed by atoms with Crippen molar-refractivity contribution in [1.82, 2.24) is 20.0 Å². The molecule has 0 spiro atoms. The lowest BCUT2D eigenvalue weighted by molar-refractivity contribution is -0.139. The maximum absolute atomic E-state index is 11.8. The standard InChI is InChI=1S/C12H18N4O3/c1-9(6-16-4-2-3-13-16)14-12(19)15-7-10(8-15)5-11(17)18/h2-4,9-10H,5-8H2,1H3,(H,14,19)(H,17,18). The van der Waals surface area contributed by atoms with Crippen LogP contribution in [0.25, 0.3) is 0 Å². The molecule has 0 bridgehead atoms. The fourth-order valence-electron chi connectivity index (χ4n) is 2.15. The second kappa shape index (κ2) is 5.73. The van der Waals surface area contributed by atoms with Gasteiger partial charge in [-0.25, -0.2) is 4.79 Å². The highest BCUT2D eigenvalue weighted by molar-refractivity contribution is 5.76. The maximum Gasteiger partial charge on any atom is 0.317 e. The molecule has 2 N–H and O–H groups in total. The molecule has 1 saturated heterocycles. The Labute approximate surface area is 111 Å². The van der Waals surface area contributed by atoms with Crippen LogP contribution in [0.3, 0.4) is 0 Å². The number of amides is 2. The maximum atomic E-state index is 11.8. The number of hydrogen-bond donors (Lipinski definition) is 2. The van der Waals surface area contributed by atoms with Crippen LogP contribution in [-0.4, -0.2) is 50.9 Å². The Morgan fingerprint density at radius 1 is 1.53 bits per heavy atom. The fourth-order valence-corrected chi connectivity index (χ4v) is 2.15. The third-order valence-corrected chi connectivity index (χ3v) is 3.10. The minimum Gasteiger partial charge on any atom is -0.481 e. The number of urea groups is 1. The van der Waals surface area contributed by atoms with E-state index in [1.807, 2.05) is 19.2 Å². The Bertz CT molecular complexity index is 440. The van der Waals surface area contributed by atoms with E-state index in [-0.39, 0.29) is 24.4 Å². The topological polar surface area (TPSA) is 87.5 Å². The minimum atomic E-state index is -0.808. The molecule has 7 nitrogen and oxygen atoms in total. The quantitative estimate of drug-likeness (QED) is 0.807. The van der Waals surface area contributed by atoms with Crippen LogP contribution >= 0.6 is 0 Å². The lowest BCUT2D eigenvalue weighted by Crippen LogP contribution is -2.56. The van der Waals surface area contributed by atoms with Crippen molar-refractivity contribution in [2.45, 2.75) is 25.9 Å². The summed E-state index contributed by atoms with van der Waals surface area (Å²) in [5.41, 5.74) is 0. The zero-order valence-corrected chi connectivity index (χ0v) is 10.8. The lowest BCUT2D eigenvalue weighted by Gasteiger charge is -2.39. The van der Waals surface area contributed by atoms with Gasteiger partial charge in [0, 0.05) is 37.4 Å². The average molecular weight is 266 g/mol. The predicted molar refractivity (Wildman–Crippen MR) is 67.5 cm³/mol. The lowest BCUT2D eigenvalue weighted by atomic mass is 9.97. The largest absolute Gasteiger partial charge is 0.481 e. The number of rotatable bonds is 5. The summed E-state index contributed by atoms with van der Waals surface area (Å²) >= 11 is 0. The number of carbonyl (C=O) groups excluding carboxylic acids is 1. The second-order valence-corrected chi connectivity index (χ2v) is 4.95. The Hall–Kier alpha value is -2.05. The van der Waals surface area contributed by atoms with E-state index in [4.69, 9.17) is 5.11 Å². The summed E-state index contributed by atoms with van der Waals surface area (Å²) < 4.78 is 1.76. The molecule has 0 aromatic carbocycles. The Balaban J connectivity index is 1.69. The summed E-state index contributed by atoms with van der Waals surface area (Å²) in [6.07, 6.45) is 3.67. The first-order valence-corrected chi connectivity index (χ1v) is 6.29. The molecule has 1 aromatic heterocycles. The number of aromatic nitrogens is 2. The van der Waals surface area contributed by atoms with Gasteiger partial charge in [-0.05, 0) is 13.0 Å². The first kappa shape index (κ1) is 13.4. The molecule has 1 aliphatic heterocycles. The number of likely N-dealkylation sites (tertiary alicyclic amines) is 1. The number of nitrogens with zero attached hydrogens (tertiary/aromatic N) is 3. The SMILES string of the molecule is CC(Cn1cccn1)NC(=O)N1CC(CC(=O)O)C1. The molecule has 104 valence electrons. The zero-order chi connectivity index (χ0) is 13.8. The Morgan fingerprint density at radius 3 is 2.84 bits per heavy atom. The predicted octanol–water partition coefficient (Wildman–Crippen LogP) is 0.388. The first-order chi connectivity index (χ1) is 9.04. The number of carboxylic acid groups (broad SMARTS) is 1. The molecular weight excluding hydrogens is 248 g/mol. The van der Waals surface area contributed by atoms with Crippen LogP contribution in [0.1, 0.15) is 13.3 Å². The van der Waals surface area contributed by atoms with Crippen molar-refractivity contribution >= 4 is 12.0 Å². The molecular formula is C12H18N4O3. The van der Waals surface area contributed by atoms with Crippen molar-refractivity contribution in [1.29, 1.82) is 0 Å². The van der Waals surface area contributed by atoms with Gasteiger partial charge >= 0.3 is 12.0 Å². The molecule has 19 heavy (non-hydrogen) atoms. The van der Waals surface area contributed by atoms with E-state index in [9.17, 15) is 9.59 Å². The van der Waals surface area contributed by atoms with Crippen LogP contribution in [0.15, 0.2) is 18.5 Å². The number of carbonyl (C=O) groups is 2. The molecule has 2 rings (SSSR count). The van der Waals surface area contributed by atoms with E-state index >= 15 is 0 Å². The van der Waals surface area contributed by atoms with Gasteiger partial charge in [-0.3, -0.25) is 9.48 Å². The summed E-state index contributed by atoms with van der Waals surface area (Å²) in [5.74, 6) is -0.721. The van der Waals surface area contributed by atoms with Gasteiger partial charge in [0.1, 0.15) is 0 Å². The molecule has 0 saturated carbocycles. The minimum absolute atomic E-state index is 0.0223. The van der Waals surface area contributed by atoms with Gasteiger partial charge in [-0.1, -0.05) is 0 Å². The van der Waals surface area contributed by atoms with E-state index < -0.39 is 5.97 Å². The number of aliphatic carboxylic acids is 1. The monoisotopic (exact) mass is 266 g/mol. The van der Waals surface area contributed by atoms with Gasteiger partial charge in [-0.15, -0.1) is 0 Å². The first-order valence-electron chi connectivity index (χ1n) is 6.29. The molecule has 1 unspecified atom stereocenters. The average Bonchev–Trinajstić information content (AvgIpc) is 2.74. The van der Waals surface area contributed by atoms with Crippen LogP contribution < -0.4 is 5.32 Å². The molecule has 2 amide bonds. The third-order valence-electron chi connectivity index (χ3n) is 3.10. The molecule has 7 heteroatoms. The summed E-state index contributed by atoms with van der Waals surface area (Å²) in [5, 5.41) is 15.6. The van der Waals surface area contributed by atoms with Crippen molar-refractivity contribution in [2.24, 2.45) is 5.92 Å². The highest BCUT2D eigenvalue weighted by Crippen LogP contribution is 2.18. The van der Waals surface area contributed by atoms with E-state index in [2.05, 4.69) is 10.4 Å². The molecule has 1 aliphatic rings. The van der Waals surface area contributed by atoms with Crippen molar-refractivity contribution in [2.75, 3.05) is 13.1 Å². The van der Waals surface area contributed by atoms with Gasteiger partial charge in [-0.2, -0.15) is 5.10 Å². The summed E-state index contributed by atoms with van der Waals surface area (Å²) in [4.78, 5) is 24.0. The van der Waals surface area contributed by atoms with Crippen molar-refractivity contribution in [3.8, 4) is 0 Å². The van der Waals surface area contributed by atoms with Crippen LogP contribution in [0.2, 0.25) is 0 Å². The van der Waals surface area contributed by atoms with Gasteiger partial charge in [0.2, 0.25) is 0 Å². The fraction of sp³-hybridized carbons (Fsp3) is 0.583. The van der Waals surface area contributed by atoms with Gasteiger partial charge < -0.3 is 15.3 Å². The van der Waals surface area contributed by atoms with Crippen molar-refractivity contribution in [3.63, 3.8) is 0 Å². The van der Waals surface area contributed by atoms with Crippen LogP contribution in [-0.2, 0) is 11.3 Å². The summed E-state index contributed by atoms with van der Waals surface area (Å²) in [6, 6.07) is 1.67. The highest BCUT2D eigenvalue weighted by Gasteiger charge is 2.32. The second-order valence-electron chi connectivity index (χ2n) is 4.95. The van der Waals surface area contributed by atoms with E-state index in [0.29, 0.717) is 19.6 Å².